The van der Waals surface area contributed by atoms with E-state index >= 15 is 0 Å². The summed E-state index contributed by atoms with van der Waals surface area (Å²) in [5.74, 6) is -0.225. The smallest absolute Gasteiger partial charge is 0.322 e. The van der Waals surface area contributed by atoms with Gasteiger partial charge in [-0.2, -0.15) is 0 Å². The van der Waals surface area contributed by atoms with Crippen molar-refractivity contribution in [2.24, 2.45) is 0 Å². The second-order valence-electron chi connectivity index (χ2n) is 8.00. The minimum atomic E-state index is -0.337. The third-order valence-corrected chi connectivity index (χ3v) is 6.79. The summed E-state index contributed by atoms with van der Waals surface area (Å²) in [5, 5.41) is 8.92. The van der Waals surface area contributed by atoms with E-state index in [1.165, 1.54) is 16.9 Å². The van der Waals surface area contributed by atoms with E-state index in [-0.39, 0.29) is 24.5 Å². The van der Waals surface area contributed by atoms with Crippen LogP contribution in [-0.2, 0) is 17.7 Å². The lowest BCUT2D eigenvalue weighted by Crippen LogP contribution is -2.37. The van der Waals surface area contributed by atoms with Crippen molar-refractivity contribution in [2.45, 2.75) is 32.4 Å². The Hall–Kier alpha value is -2.65. The van der Waals surface area contributed by atoms with Gasteiger partial charge in [-0.05, 0) is 43.5 Å². The Morgan fingerprint density at radius 3 is 2.63 bits per heavy atom. The largest absolute Gasteiger partial charge is 0.383 e. The second kappa shape index (κ2) is 13.4. The molecule has 2 N–H and O–H groups in total. The van der Waals surface area contributed by atoms with Crippen LogP contribution in [0.4, 0.5) is 10.5 Å². The van der Waals surface area contributed by atoms with Crippen LogP contribution >= 0.6 is 34.5 Å². The highest BCUT2D eigenvalue weighted by Crippen LogP contribution is 2.25. The van der Waals surface area contributed by atoms with Gasteiger partial charge in [-0.3, -0.25) is 4.79 Å². The molecule has 0 saturated carbocycles. The predicted molar refractivity (Wildman–Crippen MR) is 142 cm³/mol. The van der Waals surface area contributed by atoms with Crippen molar-refractivity contribution in [1.82, 2.24) is 15.2 Å². The fourth-order valence-electron chi connectivity index (χ4n) is 3.28. The highest BCUT2D eigenvalue weighted by Gasteiger charge is 2.19. The van der Waals surface area contributed by atoms with E-state index in [1.807, 2.05) is 25.1 Å². The van der Waals surface area contributed by atoms with E-state index in [4.69, 9.17) is 27.9 Å². The highest BCUT2D eigenvalue weighted by atomic mass is 35.5. The summed E-state index contributed by atoms with van der Waals surface area (Å²) in [5.41, 5.74) is 2.10. The van der Waals surface area contributed by atoms with Crippen molar-refractivity contribution in [3.05, 3.63) is 80.2 Å². The molecule has 0 radical (unpaired) electrons. The van der Waals surface area contributed by atoms with Gasteiger partial charge in [0, 0.05) is 30.8 Å². The van der Waals surface area contributed by atoms with Gasteiger partial charge in [0.05, 0.1) is 23.2 Å². The molecule has 3 amide bonds. The number of aromatic nitrogens is 1. The predicted octanol–water partition coefficient (Wildman–Crippen LogP) is 5.88. The Bertz CT molecular complexity index is 1130. The number of nitrogens with one attached hydrogen (secondary N) is 2. The normalized spacial score (nSPS) is 11.7. The van der Waals surface area contributed by atoms with Gasteiger partial charge in [-0.25, -0.2) is 9.78 Å². The van der Waals surface area contributed by atoms with Crippen LogP contribution in [0.3, 0.4) is 0 Å². The van der Waals surface area contributed by atoms with Crippen LogP contribution in [0.15, 0.2) is 53.9 Å². The third-order valence-electron chi connectivity index (χ3n) is 5.22. The fourth-order valence-corrected chi connectivity index (χ4v) is 4.37. The van der Waals surface area contributed by atoms with Crippen LogP contribution in [0.25, 0.3) is 0 Å². The van der Waals surface area contributed by atoms with Crippen LogP contribution in [0.1, 0.15) is 34.4 Å². The molecule has 186 valence electrons. The minimum Gasteiger partial charge on any atom is -0.383 e. The Balaban J connectivity index is 1.57. The number of thiazole rings is 1. The first-order valence-electron chi connectivity index (χ1n) is 11.1. The van der Waals surface area contributed by atoms with Crippen LogP contribution in [0.2, 0.25) is 10.0 Å². The van der Waals surface area contributed by atoms with Gasteiger partial charge in [-0.1, -0.05) is 53.5 Å². The number of hydrogen-bond acceptors (Lipinski definition) is 5. The van der Waals surface area contributed by atoms with Crippen molar-refractivity contribution in [3.63, 3.8) is 0 Å². The Labute approximate surface area is 219 Å². The van der Waals surface area contributed by atoms with Gasteiger partial charge in [0.25, 0.3) is 5.91 Å². The number of amides is 3. The molecule has 1 heterocycles. The van der Waals surface area contributed by atoms with Crippen molar-refractivity contribution in [3.8, 4) is 0 Å². The van der Waals surface area contributed by atoms with Gasteiger partial charge < -0.3 is 20.3 Å². The molecule has 10 heteroatoms. The van der Waals surface area contributed by atoms with Crippen molar-refractivity contribution < 1.29 is 14.3 Å². The molecular formula is C25H28Cl2N4O3S. The zero-order valence-electron chi connectivity index (χ0n) is 19.6. The Morgan fingerprint density at radius 1 is 1.14 bits per heavy atom. The first kappa shape index (κ1) is 26.9. The van der Waals surface area contributed by atoms with Gasteiger partial charge in [0.15, 0.2) is 0 Å². The van der Waals surface area contributed by atoms with Gasteiger partial charge in [0.1, 0.15) is 10.7 Å². The molecule has 0 spiro atoms. The average Bonchev–Trinajstić information content (AvgIpc) is 3.32. The van der Waals surface area contributed by atoms with E-state index in [0.29, 0.717) is 39.6 Å². The van der Waals surface area contributed by atoms with E-state index in [0.717, 1.165) is 12.8 Å². The number of methoxy groups -OCH3 is 1. The third kappa shape index (κ3) is 8.50. The van der Waals surface area contributed by atoms with E-state index in [1.54, 1.807) is 35.6 Å². The van der Waals surface area contributed by atoms with Crippen molar-refractivity contribution in [1.29, 1.82) is 0 Å². The molecule has 7 nitrogen and oxygen atoms in total. The Morgan fingerprint density at radius 2 is 1.91 bits per heavy atom. The highest BCUT2D eigenvalue weighted by molar-refractivity contribution is 7.09. The number of halogens is 2. The topological polar surface area (TPSA) is 83.6 Å². The number of anilines is 1. The van der Waals surface area contributed by atoms with Crippen LogP contribution in [-0.4, -0.2) is 48.1 Å². The molecule has 0 saturated heterocycles. The molecule has 2 aromatic carbocycles. The van der Waals surface area contributed by atoms with Crippen molar-refractivity contribution >= 4 is 52.2 Å². The summed E-state index contributed by atoms with van der Waals surface area (Å²) in [6, 6.07) is 14.7. The summed E-state index contributed by atoms with van der Waals surface area (Å²) in [4.78, 5) is 31.6. The number of nitrogens with zero attached hydrogens (tertiary/aromatic N) is 2. The molecule has 0 aliphatic rings. The molecule has 3 aromatic rings. The molecule has 0 aliphatic heterocycles. The lowest BCUT2D eigenvalue weighted by Gasteiger charge is -2.22. The van der Waals surface area contributed by atoms with Crippen LogP contribution in [0.5, 0.6) is 0 Å². The number of urea groups is 1. The van der Waals surface area contributed by atoms with Gasteiger partial charge in [-0.15, -0.1) is 11.3 Å². The Kier molecular flexibility index (Phi) is 10.3. The monoisotopic (exact) mass is 534 g/mol. The number of ether oxygens (including phenoxy) is 1. The number of rotatable bonds is 11. The minimum absolute atomic E-state index is 0.00281. The zero-order valence-corrected chi connectivity index (χ0v) is 21.9. The molecular weight excluding hydrogens is 507 g/mol. The summed E-state index contributed by atoms with van der Waals surface area (Å²) < 4.78 is 5.15. The second-order valence-corrected chi connectivity index (χ2v) is 9.76. The molecule has 0 bridgehead atoms. The summed E-state index contributed by atoms with van der Waals surface area (Å²) in [7, 11) is 1.57. The standard InChI is InChI=1S/C25H28Cl2N4O3S/c1-17(8-9-18-6-4-3-5-7-18)28-24(32)22-16-35-23(30-22)15-31(12-13-34-2)25(33)29-19-10-11-20(26)21(27)14-19/h3-7,10-11,14,16-17H,8-9,12-13,15H2,1-2H3,(H,28,32)(H,29,33). The number of carbonyl (C=O) groups excluding carboxylic acids is 2. The maximum Gasteiger partial charge on any atom is 0.322 e. The molecule has 1 unspecified atom stereocenters. The summed E-state index contributed by atoms with van der Waals surface area (Å²) in [6.07, 6.45) is 1.71. The lowest BCUT2D eigenvalue weighted by atomic mass is 10.1. The van der Waals surface area contributed by atoms with Crippen LogP contribution < -0.4 is 10.6 Å². The average molecular weight is 535 g/mol. The van der Waals surface area contributed by atoms with Gasteiger partial charge in [0.2, 0.25) is 0 Å². The van der Waals surface area contributed by atoms with Crippen LogP contribution in [0, 0.1) is 0 Å². The summed E-state index contributed by atoms with van der Waals surface area (Å²) >= 11 is 13.3. The fraction of sp³-hybridized carbons (Fsp3) is 0.320. The quantitative estimate of drug-likeness (QED) is 0.321. The van der Waals surface area contributed by atoms with E-state index < -0.39 is 0 Å². The zero-order chi connectivity index (χ0) is 25.2. The number of benzene rings is 2. The maximum atomic E-state index is 12.9. The SMILES string of the molecule is COCCN(Cc1nc(C(=O)NC(C)CCc2ccccc2)cs1)C(=O)Nc1ccc(Cl)c(Cl)c1. The maximum absolute atomic E-state index is 12.9. The molecule has 0 fully saturated rings. The molecule has 35 heavy (non-hydrogen) atoms. The van der Waals surface area contributed by atoms with E-state index in [2.05, 4.69) is 27.8 Å². The van der Waals surface area contributed by atoms with Gasteiger partial charge >= 0.3 is 6.03 Å². The molecule has 3 rings (SSSR count). The van der Waals surface area contributed by atoms with Crippen molar-refractivity contribution in [2.75, 3.05) is 25.6 Å². The lowest BCUT2D eigenvalue weighted by molar-refractivity contribution is 0.0933. The van der Waals surface area contributed by atoms with E-state index in [9.17, 15) is 9.59 Å². The molecule has 1 atom stereocenters. The summed E-state index contributed by atoms with van der Waals surface area (Å²) in [6.45, 7) is 2.92. The number of aryl methyl sites for hydroxylation is 1. The molecule has 1 aromatic heterocycles. The number of carbonyl (C=O) groups is 2. The number of hydrogen-bond donors (Lipinski definition) is 2. The first-order chi connectivity index (χ1) is 16.9. The first-order valence-corrected chi connectivity index (χ1v) is 12.8. The molecule has 0 aliphatic carbocycles.